The van der Waals surface area contributed by atoms with Gasteiger partial charge >= 0.3 is 27.3 Å². The number of ketones is 3. The summed E-state index contributed by atoms with van der Waals surface area (Å²) in [7, 11) is 1.32. The van der Waals surface area contributed by atoms with Crippen LogP contribution in [0.5, 0.6) is 17.2 Å². The number of ether oxygens (including phenoxy) is 3. The van der Waals surface area contributed by atoms with Crippen molar-refractivity contribution in [3.8, 4) is 17.2 Å². The first-order chi connectivity index (χ1) is 18.4. The number of fused-ring (bicyclic) bond motifs is 3. The average molecular weight is 753 g/mol. The Morgan fingerprint density at radius 3 is 2.45 bits per heavy atom. The number of rotatable bonds is 5. The number of phenols is 2. The number of nitrogens with two attached hydrogens (primary N) is 1. The Hall–Kier alpha value is -2.47. The van der Waals surface area contributed by atoms with Crippen LogP contribution in [0.15, 0.2) is 18.2 Å². The molecule has 1 saturated heterocycles. The van der Waals surface area contributed by atoms with Gasteiger partial charge in [-0.15, -0.1) is 0 Å². The number of aliphatic hydroxyl groups is 3. The number of hydrogen-bond donors (Lipinski definition) is 6. The van der Waals surface area contributed by atoms with Gasteiger partial charge in [-0.25, -0.2) is 0 Å². The van der Waals surface area contributed by atoms with E-state index in [9.17, 15) is 39.9 Å². The third-order valence-electron chi connectivity index (χ3n) is 7.81. The second-order valence-electron chi connectivity index (χ2n) is 10.2. The molecule has 1 fully saturated rings. The van der Waals surface area contributed by atoms with Gasteiger partial charge in [-0.1, -0.05) is 12.1 Å². The number of Topliss-reactive ketones (excluding diaryl/α,β-unsaturated/α-hetero) is 1. The zero-order chi connectivity index (χ0) is 28.4. The number of aliphatic hydroxyl groups excluding tert-OH is 2. The molecule has 2 aromatic carbocycles. The zero-order valence-corrected chi connectivity index (χ0v) is 27.4. The molecule has 214 valence electrons. The van der Waals surface area contributed by atoms with E-state index in [1.54, 1.807) is 6.92 Å². The number of hydrogen-bond acceptors (Lipinski definition) is 12. The number of carbonyl (C=O) groups excluding carboxylic acids is 3. The van der Waals surface area contributed by atoms with Crippen molar-refractivity contribution in [1.29, 1.82) is 0 Å². The van der Waals surface area contributed by atoms with Crippen LogP contribution in [0.25, 0.3) is 0 Å². The Labute approximate surface area is 248 Å². The number of carbonyl (C=O) groups is 3. The molecule has 0 saturated carbocycles. The molecule has 0 aromatic heterocycles. The molecule has 5 rings (SSSR count). The normalized spacial score (nSPS) is 29.1. The summed E-state index contributed by atoms with van der Waals surface area (Å²) in [6, 6.07) is 3.64. The Morgan fingerprint density at radius 2 is 1.82 bits per heavy atom. The van der Waals surface area contributed by atoms with Crippen LogP contribution in [0.1, 0.15) is 68.8 Å². The molecular formula is C27H31NO11Pb. The molecule has 0 amide bonds. The predicted octanol–water partition coefficient (Wildman–Crippen LogP) is -0.915. The van der Waals surface area contributed by atoms with Crippen LogP contribution in [0.3, 0.4) is 0 Å². The van der Waals surface area contributed by atoms with Gasteiger partial charge < -0.3 is 45.5 Å². The van der Waals surface area contributed by atoms with Crippen molar-refractivity contribution >= 4 is 44.6 Å². The van der Waals surface area contributed by atoms with Gasteiger partial charge in [0.15, 0.2) is 17.9 Å². The van der Waals surface area contributed by atoms with Gasteiger partial charge in [0.25, 0.3) is 0 Å². The van der Waals surface area contributed by atoms with Gasteiger partial charge in [0.1, 0.15) is 29.5 Å². The molecule has 2 radical (unpaired) electrons. The summed E-state index contributed by atoms with van der Waals surface area (Å²) in [5.41, 5.74) is 2.37. The molecule has 12 nitrogen and oxygen atoms in total. The minimum atomic E-state index is -2.24. The number of methoxy groups -OCH3 is 1. The number of aromatic hydroxyl groups is 2. The van der Waals surface area contributed by atoms with Crippen LogP contribution in [-0.4, -0.2) is 114 Å². The Morgan fingerprint density at radius 1 is 1.15 bits per heavy atom. The van der Waals surface area contributed by atoms with Gasteiger partial charge in [0, 0.05) is 42.0 Å². The van der Waals surface area contributed by atoms with Gasteiger partial charge in [0.05, 0.1) is 42.1 Å². The summed E-state index contributed by atoms with van der Waals surface area (Å²) in [5.74, 6) is -3.77. The van der Waals surface area contributed by atoms with E-state index >= 15 is 0 Å². The predicted molar refractivity (Wildman–Crippen MR) is 140 cm³/mol. The Bertz CT molecular complexity index is 1380. The zero-order valence-electron chi connectivity index (χ0n) is 21.9. The molecule has 2 aromatic rings. The first-order valence-electron chi connectivity index (χ1n) is 12.4. The maximum atomic E-state index is 13.6. The first-order valence-corrected chi connectivity index (χ1v) is 12.4. The summed E-state index contributed by atoms with van der Waals surface area (Å²) in [6.07, 6.45) is -5.12. The average Bonchev–Trinajstić information content (AvgIpc) is 2.90. The third kappa shape index (κ3) is 4.64. The molecule has 6 atom stereocenters. The van der Waals surface area contributed by atoms with E-state index in [0.717, 1.165) is 0 Å². The summed E-state index contributed by atoms with van der Waals surface area (Å²) >= 11 is 0. The molecule has 1 aliphatic heterocycles. The van der Waals surface area contributed by atoms with Gasteiger partial charge in [0.2, 0.25) is 5.78 Å². The van der Waals surface area contributed by atoms with Crippen LogP contribution in [0.2, 0.25) is 0 Å². The van der Waals surface area contributed by atoms with Crippen LogP contribution >= 0.6 is 0 Å². The molecule has 0 bridgehead atoms. The standard InChI is InChI=1S/C27H29NO11.Pb.2H/c1-10-22(31)13(28)6-17(38-10)39-15-8-27(36,16(30)9-29)7-12-19(15)26(35)21-20(24(12)33)23(32)11-4-3-5-14(37-2)18(11)25(21)34;;;/h3-5,10,13,15,17,22,29,31,33,35-36H,6-9,28H2,1-2H3;;;/t10-,13-,15-,17-,22+,27-;;;/m0.../s1. The van der Waals surface area contributed by atoms with Crippen LogP contribution < -0.4 is 10.5 Å². The summed E-state index contributed by atoms with van der Waals surface area (Å²) < 4.78 is 17.0. The van der Waals surface area contributed by atoms with Crippen molar-refractivity contribution in [2.24, 2.45) is 5.73 Å². The van der Waals surface area contributed by atoms with E-state index in [-0.39, 0.29) is 61.7 Å². The molecule has 0 spiro atoms. The molecule has 3 aliphatic rings. The fourth-order valence-corrected chi connectivity index (χ4v) is 5.75. The number of benzene rings is 2. The molecule has 2 aliphatic carbocycles. The molecular weight excluding hydrogens is 721 g/mol. The van der Waals surface area contributed by atoms with Crippen molar-refractivity contribution in [2.75, 3.05) is 13.7 Å². The fourth-order valence-electron chi connectivity index (χ4n) is 5.75. The molecule has 1 heterocycles. The van der Waals surface area contributed by atoms with E-state index < -0.39 is 95.7 Å². The molecule has 40 heavy (non-hydrogen) atoms. The third-order valence-corrected chi connectivity index (χ3v) is 7.81. The first kappa shape index (κ1) is 30.5. The molecule has 13 heteroatoms. The van der Waals surface area contributed by atoms with Crippen molar-refractivity contribution in [3.05, 3.63) is 51.6 Å². The van der Waals surface area contributed by atoms with Crippen LogP contribution in [0.4, 0.5) is 0 Å². The van der Waals surface area contributed by atoms with Gasteiger partial charge in [-0.05, 0) is 13.0 Å². The van der Waals surface area contributed by atoms with Crippen molar-refractivity contribution in [3.63, 3.8) is 0 Å². The molecule has 0 unspecified atom stereocenters. The quantitative estimate of drug-likeness (QED) is 0.138. The topological polar surface area (TPSA) is 206 Å². The number of phenolic OH excluding ortho intramolecular Hbond substituents is 2. The maximum absolute atomic E-state index is 13.6. The van der Waals surface area contributed by atoms with Crippen molar-refractivity contribution in [1.82, 2.24) is 0 Å². The summed E-state index contributed by atoms with van der Waals surface area (Å²) in [5, 5.41) is 53.7. The Kier molecular flexibility index (Phi) is 8.44. The second kappa shape index (κ2) is 11.1. The van der Waals surface area contributed by atoms with Crippen LogP contribution in [-0.2, 0) is 20.7 Å². The minimum absolute atomic E-state index is 0. The van der Waals surface area contributed by atoms with E-state index in [4.69, 9.17) is 19.9 Å². The van der Waals surface area contributed by atoms with Crippen LogP contribution in [0, 0.1) is 0 Å². The van der Waals surface area contributed by atoms with Gasteiger partial charge in [-0.2, -0.15) is 0 Å². The Balaban J connectivity index is 0.00000370. The SMILES string of the molecule is COc1cccc2c1C(=O)c1c(O)c3c(c(O)c1C2=O)C[C@@](O)(C(=O)CO)C[C@@H]3O[C@H]1C[C@H](N)[C@H](O)[C@H](C)O1.[PbH2]. The molecule has 7 N–H and O–H groups in total. The fraction of sp³-hybridized carbons (Fsp3) is 0.444. The van der Waals surface area contributed by atoms with E-state index in [1.807, 2.05) is 0 Å². The van der Waals surface area contributed by atoms with Crippen molar-refractivity contribution in [2.45, 2.75) is 62.4 Å². The summed E-state index contributed by atoms with van der Waals surface area (Å²) in [4.78, 5) is 39.7. The summed E-state index contributed by atoms with van der Waals surface area (Å²) in [6.45, 7) is 0.560. The van der Waals surface area contributed by atoms with Crippen molar-refractivity contribution < 1.29 is 54.1 Å². The van der Waals surface area contributed by atoms with E-state index in [0.29, 0.717) is 0 Å². The van der Waals surface area contributed by atoms with E-state index in [2.05, 4.69) is 0 Å². The second-order valence-corrected chi connectivity index (χ2v) is 10.2. The monoisotopic (exact) mass is 753 g/mol. The van der Waals surface area contributed by atoms with Gasteiger partial charge in [-0.3, -0.25) is 14.4 Å². The van der Waals surface area contributed by atoms with E-state index in [1.165, 1.54) is 25.3 Å².